The summed E-state index contributed by atoms with van der Waals surface area (Å²) in [5.74, 6) is 22.2. The zero-order chi connectivity index (χ0) is 28.3. The van der Waals surface area contributed by atoms with Crippen LogP contribution in [0.2, 0.25) is 0 Å². The molecule has 0 N–H and O–H groups in total. The van der Waals surface area contributed by atoms with E-state index in [4.69, 9.17) is 9.47 Å². The number of unbranched alkanes of at least 4 members (excludes halogenated alkanes) is 10. The number of esters is 2. The maximum absolute atomic E-state index is 12.1. The van der Waals surface area contributed by atoms with Gasteiger partial charge in [-0.25, -0.2) is 4.79 Å². The van der Waals surface area contributed by atoms with Gasteiger partial charge in [-0.15, -0.1) is 0 Å². The molecule has 0 saturated carbocycles. The van der Waals surface area contributed by atoms with Crippen LogP contribution in [0.5, 0.6) is 0 Å². The Bertz CT molecular complexity index is 1080. The van der Waals surface area contributed by atoms with Crippen molar-refractivity contribution in [3.8, 4) is 59.2 Å². The number of carbonyl (C=O) groups excluding carboxylic acids is 2. The van der Waals surface area contributed by atoms with Gasteiger partial charge in [0.25, 0.3) is 0 Å². The Morgan fingerprint density at radius 1 is 0.725 bits per heavy atom. The molecule has 0 aliphatic carbocycles. The van der Waals surface area contributed by atoms with Crippen LogP contribution in [-0.2, 0) is 28.2 Å². The Labute approximate surface area is 284 Å². The number of phosphoric ester groups is 1. The van der Waals surface area contributed by atoms with E-state index in [1.54, 1.807) is 6.92 Å². The minimum Gasteiger partial charge on any atom is -0.790 e. The van der Waals surface area contributed by atoms with E-state index in [-0.39, 0.29) is 65.5 Å². The number of ether oxygens (including phenoxy) is 2. The van der Waals surface area contributed by atoms with Crippen molar-refractivity contribution in [3.05, 3.63) is 0 Å². The molecular weight excluding hydrogens is 553 g/mol. The van der Waals surface area contributed by atoms with Crippen LogP contribution in [0.15, 0.2) is 0 Å². The molecule has 1 atom stereocenters. The number of carbonyl (C=O) groups is 2. The largest absolute Gasteiger partial charge is 1.00 e. The molecule has 8 nitrogen and oxygen atoms in total. The second kappa shape index (κ2) is 30.8. The number of phosphoric acid groups is 1. The van der Waals surface area contributed by atoms with Crippen molar-refractivity contribution in [2.75, 3.05) is 13.2 Å². The summed E-state index contributed by atoms with van der Waals surface area (Å²) in [5, 5.41) is 0. The molecule has 40 heavy (non-hydrogen) atoms. The fourth-order valence-electron chi connectivity index (χ4n) is 3.01. The van der Waals surface area contributed by atoms with Crippen molar-refractivity contribution in [1.29, 1.82) is 0 Å². The van der Waals surface area contributed by atoms with Crippen molar-refractivity contribution in [2.24, 2.45) is 0 Å². The van der Waals surface area contributed by atoms with Gasteiger partial charge in [0, 0.05) is 12.3 Å². The van der Waals surface area contributed by atoms with Gasteiger partial charge >= 0.3 is 71.1 Å². The van der Waals surface area contributed by atoms with E-state index in [1.807, 2.05) is 0 Å². The van der Waals surface area contributed by atoms with Gasteiger partial charge < -0.3 is 28.3 Å². The number of hydrogen-bond donors (Lipinski definition) is 0. The first kappa shape index (κ1) is 43.3. The zero-order valence-electron chi connectivity index (χ0n) is 24.2. The summed E-state index contributed by atoms with van der Waals surface area (Å²) in [6, 6.07) is 0. The monoisotopic (exact) mass is 588 g/mol. The van der Waals surface area contributed by atoms with Gasteiger partial charge in [0.2, 0.25) is 0 Å². The first-order chi connectivity index (χ1) is 18.3. The summed E-state index contributed by atoms with van der Waals surface area (Å²) in [5.41, 5.74) is 0. The first-order valence-corrected chi connectivity index (χ1v) is 14.2. The summed E-state index contributed by atoms with van der Waals surface area (Å²) >= 11 is 0. The maximum atomic E-state index is 12.1. The van der Waals surface area contributed by atoms with Crippen LogP contribution in [0.1, 0.15) is 90.9 Å². The predicted octanol–water partition coefficient (Wildman–Crippen LogP) is -2.97. The second-order valence-electron chi connectivity index (χ2n) is 8.11. The smallest absolute Gasteiger partial charge is 0.790 e. The molecule has 0 aromatic rings. The maximum Gasteiger partial charge on any atom is 1.00 e. The average molecular weight is 589 g/mol. The Hall–Kier alpha value is -1.15. The molecule has 0 aliphatic rings. The third-order valence-corrected chi connectivity index (χ3v) is 5.29. The fraction of sp³-hybridized carbons (Fsp3) is 0.586. The van der Waals surface area contributed by atoms with Gasteiger partial charge in [0.1, 0.15) is 6.61 Å². The van der Waals surface area contributed by atoms with E-state index in [1.165, 1.54) is 44.9 Å². The van der Waals surface area contributed by atoms with Gasteiger partial charge in [-0.05, 0) is 60.7 Å². The van der Waals surface area contributed by atoms with Crippen LogP contribution in [-0.4, -0.2) is 31.3 Å². The molecule has 0 aromatic heterocycles. The average Bonchev–Trinajstić information content (AvgIpc) is 2.87. The minimum absolute atomic E-state index is 0. The molecule has 0 heterocycles. The summed E-state index contributed by atoms with van der Waals surface area (Å²) in [6.45, 7) is 2.53. The van der Waals surface area contributed by atoms with E-state index in [9.17, 15) is 23.9 Å². The van der Waals surface area contributed by atoms with Gasteiger partial charge in [0.15, 0.2) is 6.10 Å². The molecule has 0 aromatic carbocycles. The Balaban J connectivity index is -0.00000684. The van der Waals surface area contributed by atoms with Crippen molar-refractivity contribution in [3.63, 3.8) is 0 Å². The summed E-state index contributed by atoms with van der Waals surface area (Å²) in [4.78, 5) is 45.4. The second-order valence-corrected chi connectivity index (χ2v) is 9.27. The van der Waals surface area contributed by atoms with Crippen LogP contribution in [0.25, 0.3) is 0 Å². The third-order valence-electron chi connectivity index (χ3n) is 4.83. The molecule has 0 bridgehead atoms. The van der Waals surface area contributed by atoms with E-state index >= 15 is 0 Å². The normalized spacial score (nSPS) is 9.80. The van der Waals surface area contributed by atoms with Crippen LogP contribution in [0, 0.1) is 59.2 Å². The van der Waals surface area contributed by atoms with Crippen LogP contribution >= 0.6 is 7.82 Å². The molecule has 0 amide bonds. The molecule has 0 fully saturated rings. The predicted molar refractivity (Wildman–Crippen MR) is 140 cm³/mol. The first-order valence-electron chi connectivity index (χ1n) is 12.7. The number of hydrogen-bond acceptors (Lipinski definition) is 8. The van der Waals surface area contributed by atoms with E-state index < -0.39 is 39.1 Å². The topological polar surface area (TPSA) is 125 Å². The van der Waals surface area contributed by atoms with Gasteiger partial charge in [0.05, 0.1) is 14.4 Å². The molecule has 0 spiro atoms. The van der Waals surface area contributed by atoms with Crippen molar-refractivity contribution < 1.29 is 97.1 Å². The van der Waals surface area contributed by atoms with Gasteiger partial charge in [-0.1, -0.05) is 77.1 Å². The SMILES string of the molecule is CC#CC#CC#CC#CC#CC(=O)OC[C@H](COP(=O)([O-])[O-])OC(=O)CCCCCCCCCCCCC.[Na+].[Na+]. The van der Waals surface area contributed by atoms with E-state index in [0.717, 1.165) is 19.3 Å². The van der Waals surface area contributed by atoms with E-state index in [0.29, 0.717) is 6.42 Å². The van der Waals surface area contributed by atoms with Gasteiger partial charge in [-0.3, -0.25) is 4.79 Å². The molecule has 206 valence electrons. The Morgan fingerprint density at radius 2 is 1.20 bits per heavy atom. The Kier molecular flexibility index (Phi) is 33.3. The standard InChI is InChI=1S/C29H37O8P.2Na/c1-3-5-7-9-11-13-14-16-18-20-22-24-29(31)37-27(26-36-38(32,33)34)25-35-28(30)23-21-19-17-15-12-10-8-6-4-2;;/h27H,3,5,7,9,11,13-14,16,18,20,22,24-26H2,1-2H3,(H2,32,33,34);;/q;2*+1/p-2/t27-;;/m1../s1. The van der Waals surface area contributed by atoms with Crippen molar-refractivity contribution >= 4 is 19.8 Å². The van der Waals surface area contributed by atoms with Crippen molar-refractivity contribution in [2.45, 2.75) is 97.0 Å². The van der Waals surface area contributed by atoms with Gasteiger partial charge in [-0.2, -0.15) is 0 Å². The van der Waals surface area contributed by atoms with Crippen LogP contribution in [0.4, 0.5) is 0 Å². The molecule has 0 radical (unpaired) electrons. The molecule has 0 unspecified atom stereocenters. The van der Waals surface area contributed by atoms with Crippen LogP contribution in [0.3, 0.4) is 0 Å². The Morgan fingerprint density at radius 3 is 1.70 bits per heavy atom. The molecule has 0 aliphatic heterocycles. The molecule has 11 heteroatoms. The van der Waals surface area contributed by atoms with Crippen molar-refractivity contribution in [1.82, 2.24) is 0 Å². The minimum atomic E-state index is -5.30. The summed E-state index contributed by atoms with van der Waals surface area (Å²) in [6.07, 6.45) is 11.2. The number of rotatable bonds is 18. The third kappa shape index (κ3) is 33.1. The van der Waals surface area contributed by atoms with Crippen LogP contribution < -0.4 is 68.9 Å². The molecular formula is C29H35Na2O8P. The fourth-order valence-corrected chi connectivity index (χ4v) is 3.35. The summed E-state index contributed by atoms with van der Waals surface area (Å²) in [7, 11) is -5.30. The molecule has 0 rings (SSSR count). The summed E-state index contributed by atoms with van der Waals surface area (Å²) < 4.78 is 24.9. The quantitative estimate of drug-likeness (QED) is 0.0416. The zero-order valence-corrected chi connectivity index (χ0v) is 29.1. The molecule has 0 saturated heterocycles. The van der Waals surface area contributed by atoms with E-state index in [2.05, 4.69) is 70.7 Å².